The van der Waals surface area contributed by atoms with E-state index in [4.69, 9.17) is 5.73 Å². The lowest BCUT2D eigenvalue weighted by Gasteiger charge is -2.34. The molecule has 1 aliphatic rings. The van der Waals surface area contributed by atoms with Crippen LogP contribution in [0.1, 0.15) is 29.8 Å². The molecule has 3 aromatic rings. The molecule has 2 aromatic heterocycles. The van der Waals surface area contributed by atoms with Crippen molar-refractivity contribution in [2.24, 2.45) is 5.73 Å². The monoisotopic (exact) mass is 492 g/mol. The van der Waals surface area contributed by atoms with Gasteiger partial charge in [-0.3, -0.25) is 0 Å². The van der Waals surface area contributed by atoms with Crippen LogP contribution >= 0.6 is 11.3 Å². The molecule has 182 valence electrons. The number of hydrogen-bond acceptors (Lipinski definition) is 8. The standard InChI is InChI=1S/C23H27F3N6OS/c1-3-14-10-16(32-8-6-31(2)7-9-32)4-5-18(14)29-22-28-12-17(23(24,25)26)20(30-22)19-11-15(13-34-19)21(27)33/h4-5,10-13,21,33H,3,6-9,27H2,1-2H3,(H,28,29,30). The third kappa shape index (κ3) is 5.33. The summed E-state index contributed by atoms with van der Waals surface area (Å²) in [4.78, 5) is 13.0. The summed E-state index contributed by atoms with van der Waals surface area (Å²) in [5.74, 6) is 0.0632. The highest BCUT2D eigenvalue weighted by Crippen LogP contribution is 2.39. The van der Waals surface area contributed by atoms with Gasteiger partial charge < -0.3 is 26.0 Å². The third-order valence-electron chi connectivity index (χ3n) is 5.87. The van der Waals surface area contributed by atoms with Gasteiger partial charge in [-0.15, -0.1) is 11.3 Å². The molecule has 34 heavy (non-hydrogen) atoms. The van der Waals surface area contributed by atoms with Gasteiger partial charge in [-0.1, -0.05) is 6.92 Å². The molecule has 4 N–H and O–H groups in total. The molecule has 1 fully saturated rings. The normalized spacial score (nSPS) is 16.0. The number of thiophene rings is 1. The SMILES string of the molecule is CCc1cc(N2CCN(C)CC2)ccc1Nc1ncc(C(F)(F)F)c(-c2cc(C(N)O)cs2)n1. The number of benzene rings is 1. The summed E-state index contributed by atoms with van der Waals surface area (Å²) in [7, 11) is 2.11. The number of nitrogens with two attached hydrogens (primary N) is 1. The molecule has 1 saturated heterocycles. The van der Waals surface area contributed by atoms with Gasteiger partial charge in [0.1, 0.15) is 11.8 Å². The topological polar surface area (TPSA) is 90.5 Å². The van der Waals surface area contributed by atoms with Gasteiger partial charge in [0.25, 0.3) is 0 Å². The first-order valence-electron chi connectivity index (χ1n) is 11.0. The van der Waals surface area contributed by atoms with Crippen molar-refractivity contribution in [3.63, 3.8) is 0 Å². The van der Waals surface area contributed by atoms with Crippen molar-refractivity contribution in [2.45, 2.75) is 25.7 Å². The fourth-order valence-electron chi connectivity index (χ4n) is 3.84. The minimum absolute atomic E-state index is 0.0632. The summed E-state index contributed by atoms with van der Waals surface area (Å²) in [5.41, 5.74) is 7.47. The van der Waals surface area contributed by atoms with Gasteiger partial charge in [0.15, 0.2) is 0 Å². The van der Waals surface area contributed by atoms with E-state index in [1.54, 1.807) is 0 Å². The molecule has 1 unspecified atom stereocenters. The van der Waals surface area contributed by atoms with E-state index in [0.717, 1.165) is 67.1 Å². The number of aliphatic hydroxyl groups is 1. The molecule has 0 spiro atoms. The zero-order chi connectivity index (χ0) is 24.5. The first-order valence-corrected chi connectivity index (χ1v) is 11.8. The highest BCUT2D eigenvalue weighted by molar-refractivity contribution is 7.13. The minimum Gasteiger partial charge on any atom is -0.375 e. The molecule has 1 atom stereocenters. The molecular formula is C23H27F3N6OS. The van der Waals surface area contributed by atoms with Crippen LogP contribution in [0.15, 0.2) is 35.8 Å². The summed E-state index contributed by atoms with van der Waals surface area (Å²) in [6.45, 7) is 5.90. The molecule has 0 saturated carbocycles. The zero-order valence-electron chi connectivity index (χ0n) is 18.9. The second kappa shape index (κ2) is 9.87. The molecule has 0 radical (unpaired) electrons. The third-order valence-corrected chi connectivity index (χ3v) is 6.83. The molecule has 1 aromatic carbocycles. The smallest absolute Gasteiger partial charge is 0.375 e. The lowest BCUT2D eigenvalue weighted by Crippen LogP contribution is -2.44. The number of likely N-dealkylation sites (N-methyl/N-ethyl adjacent to an activating group) is 1. The fourth-order valence-corrected chi connectivity index (χ4v) is 4.79. The van der Waals surface area contributed by atoms with E-state index in [1.165, 1.54) is 11.4 Å². The second-order valence-corrected chi connectivity index (χ2v) is 9.16. The maximum absolute atomic E-state index is 13.6. The number of halogens is 3. The number of anilines is 3. The van der Waals surface area contributed by atoms with Crippen molar-refractivity contribution in [3.05, 3.63) is 52.5 Å². The highest BCUT2D eigenvalue weighted by atomic mass is 32.1. The number of piperazine rings is 1. The first-order chi connectivity index (χ1) is 16.2. The van der Waals surface area contributed by atoms with Crippen molar-refractivity contribution in [3.8, 4) is 10.6 Å². The van der Waals surface area contributed by atoms with Crippen LogP contribution in [0, 0.1) is 0 Å². The number of nitrogens with one attached hydrogen (secondary N) is 1. The summed E-state index contributed by atoms with van der Waals surface area (Å²) in [6, 6.07) is 7.44. The number of rotatable bonds is 6. The van der Waals surface area contributed by atoms with E-state index in [1.807, 2.05) is 19.1 Å². The fraction of sp³-hybridized carbons (Fsp3) is 0.391. The minimum atomic E-state index is -4.63. The molecule has 11 heteroatoms. The van der Waals surface area contributed by atoms with Gasteiger partial charge in [-0.05, 0) is 48.7 Å². The zero-order valence-corrected chi connectivity index (χ0v) is 19.7. The average molecular weight is 493 g/mol. The Morgan fingerprint density at radius 2 is 1.94 bits per heavy atom. The van der Waals surface area contributed by atoms with Crippen molar-refractivity contribution >= 4 is 28.7 Å². The van der Waals surface area contributed by atoms with Crippen molar-refractivity contribution < 1.29 is 18.3 Å². The van der Waals surface area contributed by atoms with Gasteiger partial charge >= 0.3 is 6.18 Å². The predicted molar refractivity (Wildman–Crippen MR) is 128 cm³/mol. The Balaban J connectivity index is 1.64. The number of aliphatic hydroxyl groups excluding tert-OH is 1. The highest BCUT2D eigenvalue weighted by Gasteiger charge is 2.36. The van der Waals surface area contributed by atoms with Gasteiger partial charge in [-0.25, -0.2) is 9.97 Å². The second-order valence-electron chi connectivity index (χ2n) is 8.25. The van der Waals surface area contributed by atoms with E-state index in [0.29, 0.717) is 5.56 Å². The van der Waals surface area contributed by atoms with Crippen LogP contribution in [0.25, 0.3) is 10.6 Å². The van der Waals surface area contributed by atoms with E-state index in [2.05, 4.69) is 38.2 Å². The van der Waals surface area contributed by atoms with Crippen LogP contribution < -0.4 is 16.0 Å². The lowest BCUT2D eigenvalue weighted by molar-refractivity contribution is -0.137. The van der Waals surface area contributed by atoms with Crippen LogP contribution in [0.2, 0.25) is 0 Å². The maximum Gasteiger partial charge on any atom is 0.420 e. The van der Waals surface area contributed by atoms with Crippen molar-refractivity contribution in [1.82, 2.24) is 14.9 Å². The van der Waals surface area contributed by atoms with Gasteiger partial charge in [0, 0.05) is 49.3 Å². The van der Waals surface area contributed by atoms with Gasteiger partial charge in [0.2, 0.25) is 5.95 Å². The summed E-state index contributed by atoms with van der Waals surface area (Å²) in [5, 5.41) is 14.2. The largest absolute Gasteiger partial charge is 0.420 e. The molecule has 7 nitrogen and oxygen atoms in total. The molecule has 0 amide bonds. The van der Waals surface area contributed by atoms with E-state index >= 15 is 0 Å². The van der Waals surface area contributed by atoms with Gasteiger partial charge in [-0.2, -0.15) is 13.2 Å². The van der Waals surface area contributed by atoms with Crippen LogP contribution in [-0.4, -0.2) is 53.2 Å². The Labute approximate surface area is 200 Å². The Morgan fingerprint density at radius 1 is 1.21 bits per heavy atom. The van der Waals surface area contributed by atoms with E-state index in [9.17, 15) is 18.3 Å². The molecule has 1 aliphatic heterocycles. The molecule has 4 rings (SSSR count). The molecule has 0 bridgehead atoms. The Kier molecular flexibility index (Phi) is 7.08. The Morgan fingerprint density at radius 3 is 2.56 bits per heavy atom. The summed E-state index contributed by atoms with van der Waals surface area (Å²) >= 11 is 1.03. The Bertz CT molecular complexity index is 1140. The number of aryl methyl sites for hydroxylation is 1. The number of hydrogen-bond donors (Lipinski definition) is 3. The maximum atomic E-state index is 13.6. The molecule has 3 heterocycles. The number of alkyl halides is 3. The predicted octanol–water partition coefficient (Wildman–Crippen LogP) is 4.23. The number of aromatic nitrogens is 2. The number of nitrogens with zero attached hydrogens (tertiary/aromatic N) is 4. The van der Waals surface area contributed by atoms with Crippen LogP contribution in [0.5, 0.6) is 0 Å². The first kappa shape index (κ1) is 24.4. The van der Waals surface area contributed by atoms with E-state index < -0.39 is 18.0 Å². The van der Waals surface area contributed by atoms with Crippen LogP contribution in [-0.2, 0) is 12.6 Å². The quantitative estimate of drug-likeness (QED) is 0.444. The average Bonchev–Trinajstić information content (AvgIpc) is 3.30. The lowest BCUT2D eigenvalue weighted by atomic mass is 10.1. The summed E-state index contributed by atoms with van der Waals surface area (Å²) in [6.07, 6.45) is -4.38. The van der Waals surface area contributed by atoms with Gasteiger partial charge in [0.05, 0.1) is 10.6 Å². The summed E-state index contributed by atoms with van der Waals surface area (Å²) < 4.78 is 40.9. The van der Waals surface area contributed by atoms with Crippen LogP contribution in [0.3, 0.4) is 0 Å². The van der Waals surface area contributed by atoms with E-state index in [-0.39, 0.29) is 16.5 Å². The molecular weight excluding hydrogens is 465 g/mol. The van der Waals surface area contributed by atoms with Crippen LogP contribution in [0.4, 0.5) is 30.5 Å². The molecule has 0 aliphatic carbocycles. The van der Waals surface area contributed by atoms with Crippen molar-refractivity contribution in [1.29, 1.82) is 0 Å². The Hall–Kier alpha value is -2.73. The van der Waals surface area contributed by atoms with Crippen molar-refractivity contribution in [2.75, 3.05) is 43.4 Å².